The highest BCUT2D eigenvalue weighted by molar-refractivity contribution is 6.76. The van der Waals surface area contributed by atoms with Gasteiger partial charge >= 0.3 is 0 Å². The molecule has 3 N–H and O–H groups in total. The number of amides is 2. The third-order valence-electron chi connectivity index (χ3n) is 11.1. The van der Waals surface area contributed by atoms with Crippen molar-refractivity contribution in [3.63, 3.8) is 0 Å². The number of halogens is 2. The van der Waals surface area contributed by atoms with Crippen molar-refractivity contribution in [2.45, 2.75) is 58.3 Å². The van der Waals surface area contributed by atoms with E-state index in [9.17, 15) is 18.4 Å². The number of rotatable bonds is 13. The summed E-state index contributed by atoms with van der Waals surface area (Å²) in [6.45, 7) is 11.3. The summed E-state index contributed by atoms with van der Waals surface area (Å²) in [5, 5.41) is 16.2. The van der Waals surface area contributed by atoms with Crippen molar-refractivity contribution in [3.8, 4) is 22.8 Å². The van der Waals surface area contributed by atoms with Crippen molar-refractivity contribution >= 4 is 64.0 Å². The second kappa shape index (κ2) is 18.4. The van der Waals surface area contributed by atoms with Crippen LogP contribution in [0, 0.1) is 11.6 Å². The second-order valence-corrected chi connectivity index (χ2v) is 23.0. The molecule has 0 aliphatic carbocycles. The van der Waals surface area contributed by atoms with Crippen LogP contribution in [0.25, 0.3) is 66.9 Å². The van der Waals surface area contributed by atoms with Gasteiger partial charge in [0.05, 0.1) is 46.9 Å². The number of carbonyl (C=O) groups excluding carboxylic acids is 2. The molecule has 0 spiro atoms. The minimum Gasteiger partial charge on any atom is -0.447 e. The molecule has 68 heavy (non-hydrogen) atoms. The molecule has 0 saturated carbocycles. The Kier molecular flexibility index (Phi) is 12.2. The van der Waals surface area contributed by atoms with Crippen molar-refractivity contribution in [2.24, 2.45) is 14.1 Å². The molecule has 8 aromatic heterocycles. The average molecular weight is 941 g/mol. The van der Waals surface area contributed by atoms with Crippen molar-refractivity contribution in [3.05, 3.63) is 121 Å². The quantitative estimate of drug-likeness (QED) is 0.0735. The van der Waals surface area contributed by atoms with Crippen LogP contribution in [-0.2, 0) is 25.6 Å². The van der Waals surface area contributed by atoms with Gasteiger partial charge in [0.1, 0.15) is 76.8 Å². The summed E-state index contributed by atoms with van der Waals surface area (Å²) in [5.41, 5.74) is 5.82. The Hall–Kier alpha value is -7.98. The zero-order valence-electron chi connectivity index (χ0n) is 38.1. The van der Waals surface area contributed by atoms with Gasteiger partial charge in [-0.25, -0.2) is 38.7 Å². The number of fused-ring (bicyclic) bond motifs is 4. The number of hydrogen-bond acceptors (Lipinski definition) is 13. The normalized spacial score (nSPS) is 12.7. The average Bonchev–Trinajstić information content (AvgIpc) is 4.18. The lowest BCUT2D eigenvalue weighted by Gasteiger charge is -2.15. The summed E-state index contributed by atoms with van der Waals surface area (Å²) in [6, 6.07) is 9.08. The maximum absolute atomic E-state index is 13.8. The zero-order valence-corrected chi connectivity index (χ0v) is 39.1. The monoisotopic (exact) mass is 940 g/mol. The van der Waals surface area contributed by atoms with E-state index < -0.39 is 20.2 Å². The van der Waals surface area contributed by atoms with Crippen LogP contribution in [-0.4, -0.2) is 85.5 Å². The Morgan fingerprint density at radius 2 is 1.31 bits per heavy atom. The molecule has 0 bridgehead atoms. The van der Waals surface area contributed by atoms with E-state index in [1.807, 2.05) is 0 Å². The number of ether oxygens (including phenoxy) is 1. The first-order valence-corrected chi connectivity index (χ1v) is 25.3. The fourth-order valence-electron chi connectivity index (χ4n) is 7.56. The van der Waals surface area contributed by atoms with E-state index in [0.717, 1.165) is 16.8 Å². The standard InChI is InChI=1S/C26H30FN7O3Si.C20H16FN7O2/c1-16(26-28-8-9-37-26)30-25(35)19-14-34(15-36-10-11-38(3,4)5)24-23(19)31-20(13-29-24)22-18-7-6-17(27)12-21(18)33(2)32-22;1-10(20-22-5-6-30-20)25-19(29)13-8-23-18-17(13)26-14(9-24-18)16-12-4-3-11(21)7-15(12)28(2)27-16/h6-9,12-14,16H,10-11,15H2,1-5H3,(H,30,35);3-10H,1-2H3,(H,23,24)(H,25,29). The third kappa shape index (κ3) is 9.22. The number of nitrogens with one attached hydrogen (secondary N) is 3. The number of oxazole rings is 2. The lowest BCUT2D eigenvalue weighted by Crippen LogP contribution is -2.26. The summed E-state index contributed by atoms with van der Waals surface area (Å²) < 4.78 is 48.9. The third-order valence-corrected chi connectivity index (χ3v) is 12.8. The molecule has 0 aliphatic heterocycles. The summed E-state index contributed by atoms with van der Waals surface area (Å²) in [6.07, 6.45) is 12.4. The van der Waals surface area contributed by atoms with E-state index in [0.29, 0.717) is 85.7 Å². The largest absolute Gasteiger partial charge is 0.447 e. The molecule has 0 saturated heterocycles. The fourth-order valence-corrected chi connectivity index (χ4v) is 8.32. The molecule has 10 rings (SSSR count). The maximum atomic E-state index is 13.8. The number of aromatic nitrogens is 12. The van der Waals surface area contributed by atoms with E-state index in [2.05, 4.69) is 70.4 Å². The molecule has 0 radical (unpaired) electrons. The second-order valence-electron chi connectivity index (χ2n) is 17.3. The number of H-pyrrole nitrogens is 1. The molecule has 10 aromatic rings. The molecule has 0 fully saturated rings. The molecular formula is C46H46F2N14O5Si. The van der Waals surface area contributed by atoms with Gasteiger partial charge in [0.15, 0.2) is 11.3 Å². The maximum Gasteiger partial charge on any atom is 0.255 e. The number of benzene rings is 2. The van der Waals surface area contributed by atoms with Gasteiger partial charge in [0.25, 0.3) is 11.8 Å². The highest BCUT2D eigenvalue weighted by atomic mass is 28.3. The van der Waals surface area contributed by atoms with Gasteiger partial charge in [-0.15, -0.1) is 0 Å². The molecule has 19 nitrogen and oxygen atoms in total. The molecular weight excluding hydrogens is 895 g/mol. The minimum absolute atomic E-state index is 0.239. The van der Waals surface area contributed by atoms with Crippen molar-refractivity contribution in [2.75, 3.05) is 6.61 Å². The van der Waals surface area contributed by atoms with Crippen LogP contribution in [0.4, 0.5) is 8.78 Å². The van der Waals surface area contributed by atoms with Gasteiger partial charge in [0, 0.05) is 51.9 Å². The summed E-state index contributed by atoms with van der Waals surface area (Å²) in [5.74, 6) is -0.576. The highest BCUT2D eigenvalue weighted by Gasteiger charge is 2.25. The molecule has 22 heteroatoms. The van der Waals surface area contributed by atoms with Gasteiger partial charge < -0.3 is 33.8 Å². The Morgan fingerprint density at radius 1 is 0.765 bits per heavy atom. The van der Waals surface area contributed by atoms with Gasteiger partial charge in [-0.1, -0.05) is 19.6 Å². The summed E-state index contributed by atoms with van der Waals surface area (Å²) in [7, 11) is 2.23. The molecule has 8 heterocycles. The number of nitrogens with zero attached hydrogens (tertiary/aromatic N) is 11. The van der Waals surface area contributed by atoms with Crippen LogP contribution in [0.3, 0.4) is 0 Å². The predicted molar refractivity (Wildman–Crippen MR) is 250 cm³/mol. The zero-order chi connectivity index (χ0) is 47.9. The van der Waals surface area contributed by atoms with Gasteiger partial charge in [-0.3, -0.25) is 19.0 Å². The Balaban J connectivity index is 0.000000174. The molecule has 2 atom stereocenters. The smallest absolute Gasteiger partial charge is 0.255 e. The Labute approximate surface area is 387 Å². The van der Waals surface area contributed by atoms with Crippen LogP contribution in [0.15, 0.2) is 94.9 Å². The molecule has 2 aromatic carbocycles. The number of hydrogen-bond donors (Lipinski definition) is 3. The van der Waals surface area contributed by atoms with Gasteiger partial charge in [-0.05, 0) is 56.3 Å². The number of aromatic amines is 1. The number of aryl methyl sites for hydroxylation is 2. The van der Waals surface area contributed by atoms with Crippen LogP contribution in [0.2, 0.25) is 25.7 Å². The van der Waals surface area contributed by atoms with E-state index in [1.165, 1.54) is 49.2 Å². The fraction of sp³-hybridized carbons (Fsp3) is 0.261. The van der Waals surface area contributed by atoms with Gasteiger partial charge in [-0.2, -0.15) is 10.2 Å². The SMILES string of the molecule is CC(NC(=O)c1c[nH]c2ncc(-c3nn(C)c4cc(F)ccc34)nc12)c1ncco1.CC(NC(=O)c1cn(COCC[Si](C)(C)C)c2ncc(-c3nn(C)c4cc(F)ccc34)nc12)c1ncco1. The van der Waals surface area contributed by atoms with Crippen LogP contribution < -0.4 is 10.6 Å². The minimum atomic E-state index is -1.25. The summed E-state index contributed by atoms with van der Waals surface area (Å²) >= 11 is 0. The number of carbonyl (C=O) groups is 2. The van der Waals surface area contributed by atoms with Crippen LogP contribution in [0.5, 0.6) is 0 Å². The molecule has 2 amide bonds. The first-order valence-electron chi connectivity index (χ1n) is 21.6. The Bertz CT molecular complexity index is 3450. The lowest BCUT2D eigenvalue weighted by molar-refractivity contribution is 0.0888. The van der Waals surface area contributed by atoms with Crippen LogP contribution in [0.1, 0.15) is 58.4 Å². The first-order chi connectivity index (χ1) is 32.6. The predicted octanol–water partition coefficient (Wildman–Crippen LogP) is 8.05. The van der Waals surface area contributed by atoms with E-state index in [-0.39, 0.29) is 30.2 Å². The highest BCUT2D eigenvalue weighted by Crippen LogP contribution is 2.31. The van der Waals surface area contributed by atoms with E-state index in [1.54, 1.807) is 78.8 Å². The topological polar surface area (TPSA) is 227 Å². The molecule has 0 aliphatic rings. The van der Waals surface area contributed by atoms with Gasteiger partial charge in [0.2, 0.25) is 11.8 Å². The lowest BCUT2D eigenvalue weighted by atomic mass is 10.1. The Morgan fingerprint density at radius 3 is 1.85 bits per heavy atom. The first kappa shape index (κ1) is 45.2. The molecule has 2 unspecified atom stereocenters. The van der Waals surface area contributed by atoms with E-state index in [4.69, 9.17) is 18.6 Å². The van der Waals surface area contributed by atoms with Crippen LogP contribution >= 0.6 is 0 Å². The van der Waals surface area contributed by atoms with Crippen molar-refractivity contribution < 1.29 is 31.9 Å². The molecule has 348 valence electrons. The van der Waals surface area contributed by atoms with Crippen molar-refractivity contribution in [1.29, 1.82) is 0 Å². The van der Waals surface area contributed by atoms with E-state index >= 15 is 0 Å². The van der Waals surface area contributed by atoms with Crippen molar-refractivity contribution in [1.82, 2.24) is 69.6 Å². The summed E-state index contributed by atoms with van der Waals surface area (Å²) in [4.78, 5) is 55.8.